The van der Waals surface area contributed by atoms with Crippen LogP contribution in [0.15, 0.2) is 18.2 Å². The number of benzene rings is 1. The van der Waals surface area contributed by atoms with Crippen LogP contribution in [0.1, 0.15) is 37.3 Å². The van der Waals surface area contributed by atoms with E-state index in [-0.39, 0.29) is 23.5 Å². The normalized spacial score (nSPS) is 15.2. The second-order valence-electron chi connectivity index (χ2n) is 6.51. The Balaban J connectivity index is 1.73. The number of hydrogen-bond acceptors (Lipinski definition) is 3. The zero-order chi connectivity index (χ0) is 18.2. The lowest BCUT2D eigenvalue weighted by atomic mass is 9.96. The second-order valence-corrected chi connectivity index (χ2v) is 7.61. The fraction of sp³-hybridized carbons (Fsp3) is 0.579. The van der Waals surface area contributed by atoms with Crippen LogP contribution in [-0.2, 0) is 16.1 Å². The highest BCUT2D eigenvalue weighted by Crippen LogP contribution is 2.19. The van der Waals surface area contributed by atoms with E-state index >= 15 is 0 Å². The molecule has 1 aliphatic heterocycles. The van der Waals surface area contributed by atoms with E-state index in [1.54, 1.807) is 24.8 Å². The lowest BCUT2D eigenvalue weighted by molar-refractivity contribution is -0.133. The van der Waals surface area contributed by atoms with Crippen molar-refractivity contribution in [2.75, 3.05) is 24.6 Å². The first kappa shape index (κ1) is 19.8. The molecule has 1 aromatic carbocycles. The van der Waals surface area contributed by atoms with Crippen molar-refractivity contribution in [3.05, 3.63) is 35.1 Å². The summed E-state index contributed by atoms with van der Waals surface area (Å²) in [7, 11) is 0. The van der Waals surface area contributed by atoms with E-state index in [9.17, 15) is 14.0 Å². The first-order valence-electron chi connectivity index (χ1n) is 8.89. The molecule has 1 aliphatic rings. The highest BCUT2D eigenvalue weighted by Gasteiger charge is 2.26. The van der Waals surface area contributed by atoms with Crippen LogP contribution >= 0.6 is 11.8 Å². The van der Waals surface area contributed by atoms with Crippen molar-refractivity contribution < 1.29 is 14.0 Å². The van der Waals surface area contributed by atoms with Crippen LogP contribution in [0.3, 0.4) is 0 Å². The van der Waals surface area contributed by atoms with Crippen molar-refractivity contribution in [1.29, 1.82) is 0 Å². The molecule has 2 rings (SSSR count). The Bertz CT molecular complexity index is 601. The van der Waals surface area contributed by atoms with Gasteiger partial charge in [-0.3, -0.25) is 9.59 Å². The first-order chi connectivity index (χ1) is 12.0. The molecule has 138 valence electrons. The molecule has 0 saturated carbocycles. The third-order valence-electron chi connectivity index (χ3n) is 4.50. The van der Waals surface area contributed by atoms with Gasteiger partial charge in [0, 0.05) is 25.6 Å². The summed E-state index contributed by atoms with van der Waals surface area (Å²) >= 11 is 1.67. The molecule has 1 fully saturated rings. The topological polar surface area (TPSA) is 49.4 Å². The van der Waals surface area contributed by atoms with Crippen molar-refractivity contribution in [3.8, 4) is 0 Å². The van der Waals surface area contributed by atoms with Crippen LogP contribution < -0.4 is 5.32 Å². The third-order valence-corrected chi connectivity index (χ3v) is 5.64. The van der Waals surface area contributed by atoms with E-state index in [1.165, 1.54) is 6.07 Å². The quantitative estimate of drug-likeness (QED) is 0.754. The molecule has 0 radical (unpaired) electrons. The van der Waals surface area contributed by atoms with Gasteiger partial charge in [0.2, 0.25) is 11.8 Å². The number of rotatable bonds is 7. The van der Waals surface area contributed by atoms with E-state index in [4.69, 9.17) is 0 Å². The summed E-state index contributed by atoms with van der Waals surface area (Å²) in [5.41, 5.74) is 1.36. The van der Waals surface area contributed by atoms with Gasteiger partial charge in [-0.1, -0.05) is 19.1 Å². The molecule has 4 nitrogen and oxygen atoms in total. The number of carbonyl (C=O) groups is 2. The molecule has 0 unspecified atom stereocenters. The molecule has 1 saturated heterocycles. The Morgan fingerprint density at radius 1 is 1.32 bits per heavy atom. The van der Waals surface area contributed by atoms with Crippen molar-refractivity contribution in [1.82, 2.24) is 10.2 Å². The minimum absolute atomic E-state index is 0.00607. The number of nitrogens with one attached hydrogen (secondary N) is 1. The van der Waals surface area contributed by atoms with Gasteiger partial charge >= 0.3 is 0 Å². The third kappa shape index (κ3) is 6.03. The van der Waals surface area contributed by atoms with Crippen LogP contribution in [0.2, 0.25) is 0 Å². The second kappa shape index (κ2) is 9.80. The summed E-state index contributed by atoms with van der Waals surface area (Å²) in [5.74, 6) is 1.39. The predicted molar refractivity (Wildman–Crippen MR) is 99.9 cm³/mol. The molecule has 0 bridgehead atoms. The SMILES string of the molecule is CCCSCC(=O)N1CCC(C(=O)NCc2ccc(C)c(F)c2)CC1. The van der Waals surface area contributed by atoms with Crippen LogP contribution in [0.25, 0.3) is 0 Å². The molecule has 25 heavy (non-hydrogen) atoms. The van der Waals surface area contributed by atoms with Crippen molar-refractivity contribution in [3.63, 3.8) is 0 Å². The van der Waals surface area contributed by atoms with Gasteiger partial charge in [0.1, 0.15) is 5.82 Å². The molecular weight excluding hydrogens is 339 g/mol. The summed E-state index contributed by atoms with van der Waals surface area (Å²) in [6, 6.07) is 5.01. The van der Waals surface area contributed by atoms with Crippen LogP contribution in [0, 0.1) is 18.7 Å². The van der Waals surface area contributed by atoms with Crippen molar-refractivity contribution in [2.45, 2.75) is 39.7 Å². The van der Waals surface area contributed by atoms with Gasteiger partial charge in [0.25, 0.3) is 0 Å². The van der Waals surface area contributed by atoms with Crippen LogP contribution in [0.4, 0.5) is 4.39 Å². The zero-order valence-electron chi connectivity index (χ0n) is 15.0. The zero-order valence-corrected chi connectivity index (χ0v) is 15.8. The molecular formula is C19H27FN2O2S. The molecule has 0 atom stereocenters. The number of thioether (sulfide) groups is 1. The Morgan fingerprint density at radius 3 is 2.68 bits per heavy atom. The Hall–Kier alpha value is -1.56. The average Bonchev–Trinajstić information content (AvgIpc) is 2.62. The molecule has 0 spiro atoms. The summed E-state index contributed by atoms with van der Waals surface area (Å²) in [4.78, 5) is 26.2. The number of amides is 2. The van der Waals surface area contributed by atoms with Crippen LogP contribution in [-0.4, -0.2) is 41.3 Å². The molecule has 6 heteroatoms. The van der Waals surface area contributed by atoms with Gasteiger partial charge in [-0.2, -0.15) is 11.8 Å². The molecule has 0 aromatic heterocycles. The highest BCUT2D eigenvalue weighted by molar-refractivity contribution is 7.99. The van der Waals surface area contributed by atoms with Crippen molar-refractivity contribution >= 4 is 23.6 Å². The molecule has 1 aromatic rings. The van der Waals surface area contributed by atoms with Gasteiger partial charge in [0.05, 0.1) is 5.75 Å². The van der Waals surface area contributed by atoms with Gasteiger partial charge in [-0.25, -0.2) is 4.39 Å². The van der Waals surface area contributed by atoms with Crippen LogP contribution in [0.5, 0.6) is 0 Å². The summed E-state index contributed by atoms with van der Waals surface area (Å²) < 4.78 is 13.5. The summed E-state index contributed by atoms with van der Waals surface area (Å²) in [6.45, 7) is 5.44. The smallest absolute Gasteiger partial charge is 0.232 e. The largest absolute Gasteiger partial charge is 0.352 e. The Morgan fingerprint density at radius 2 is 2.04 bits per heavy atom. The fourth-order valence-electron chi connectivity index (χ4n) is 2.87. The molecule has 1 N–H and O–H groups in total. The molecule has 1 heterocycles. The van der Waals surface area contributed by atoms with Gasteiger partial charge in [0.15, 0.2) is 0 Å². The standard InChI is InChI=1S/C19H27FN2O2S/c1-3-10-25-13-18(23)22-8-6-16(7-9-22)19(24)21-12-15-5-4-14(2)17(20)11-15/h4-5,11,16H,3,6-10,12-13H2,1-2H3,(H,21,24). The van der Waals surface area contributed by atoms with E-state index < -0.39 is 0 Å². The molecule has 2 amide bonds. The summed E-state index contributed by atoms with van der Waals surface area (Å²) in [5, 5.41) is 2.89. The van der Waals surface area contributed by atoms with E-state index in [2.05, 4.69) is 12.2 Å². The lowest BCUT2D eigenvalue weighted by Gasteiger charge is -2.31. The molecule has 0 aliphatic carbocycles. The predicted octanol–water partition coefficient (Wildman–Crippen LogP) is 3.13. The fourth-order valence-corrected chi connectivity index (χ4v) is 3.66. The van der Waals surface area contributed by atoms with Gasteiger partial charge in [-0.15, -0.1) is 0 Å². The Kier molecular flexibility index (Phi) is 7.75. The van der Waals surface area contributed by atoms with Crippen molar-refractivity contribution in [2.24, 2.45) is 5.92 Å². The van der Waals surface area contributed by atoms with E-state index in [0.29, 0.717) is 43.8 Å². The maximum Gasteiger partial charge on any atom is 0.232 e. The monoisotopic (exact) mass is 366 g/mol. The maximum atomic E-state index is 13.5. The minimum Gasteiger partial charge on any atom is -0.352 e. The van der Waals surface area contributed by atoms with Gasteiger partial charge < -0.3 is 10.2 Å². The van der Waals surface area contributed by atoms with E-state index in [0.717, 1.165) is 17.7 Å². The summed E-state index contributed by atoms with van der Waals surface area (Å²) in [6.07, 6.45) is 2.46. The number of likely N-dealkylation sites (tertiary alicyclic amines) is 1. The number of aryl methyl sites for hydroxylation is 1. The Labute approximate surface area is 153 Å². The number of hydrogen-bond donors (Lipinski definition) is 1. The first-order valence-corrected chi connectivity index (χ1v) is 10.0. The van der Waals surface area contributed by atoms with E-state index in [1.807, 2.05) is 11.0 Å². The van der Waals surface area contributed by atoms with Gasteiger partial charge in [-0.05, 0) is 49.1 Å². The number of halogens is 1. The number of carbonyl (C=O) groups excluding carboxylic acids is 2. The highest BCUT2D eigenvalue weighted by atomic mass is 32.2. The maximum absolute atomic E-state index is 13.5. The lowest BCUT2D eigenvalue weighted by Crippen LogP contribution is -2.43. The number of nitrogens with zero attached hydrogens (tertiary/aromatic N) is 1. The minimum atomic E-state index is -0.250. The average molecular weight is 367 g/mol. The number of piperidine rings is 1.